The van der Waals surface area contributed by atoms with Gasteiger partial charge in [-0.15, -0.1) is 0 Å². The summed E-state index contributed by atoms with van der Waals surface area (Å²) in [6.07, 6.45) is 2.06. The summed E-state index contributed by atoms with van der Waals surface area (Å²) in [6, 6.07) is 6.94. The lowest BCUT2D eigenvalue weighted by Crippen LogP contribution is -2.43. The van der Waals surface area contributed by atoms with Crippen LogP contribution in [0, 0.1) is 5.92 Å². The molecule has 3 N–H and O–H groups in total. The normalized spacial score (nSPS) is 17.1. The monoisotopic (exact) mass is 278 g/mol. The summed E-state index contributed by atoms with van der Waals surface area (Å²) in [7, 11) is 0. The highest BCUT2D eigenvalue weighted by Crippen LogP contribution is 2.39. The van der Waals surface area contributed by atoms with Crippen LogP contribution in [0.4, 0.5) is 10.5 Å². The number of carbonyl (C=O) groups is 1. The molecule has 0 heterocycles. The molecule has 1 aliphatic carbocycles. The van der Waals surface area contributed by atoms with Crippen molar-refractivity contribution in [2.45, 2.75) is 32.3 Å². The molecule has 1 aromatic carbocycles. The average molecular weight is 278 g/mol. The Morgan fingerprint density at radius 1 is 1.45 bits per heavy atom. The number of anilines is 1. The average Bonchev–Trinajstić information content (AvgIpc) is 3.24. The highest BCUT2D eigenvalue weighted by molar-refractivity contribution is 5.90. The minimum absolute atomic E-state index is 0.250. The molecule has 2 amide bonds. The van der Waals surface area contributed by atoms with Crippen LogP contribution in [0.15, 0.2) is 24.3 Å². The van der Waals surface area contributed by atoms with Gasteiger partial charge in [0.2, 0.25) is 0 Å². The van der Waals surface area contributed by atoms with Crippen molar-refractivity contribution in [2.75, 3.05) is 18.5 Å². The predicted octanol–water partition coefficient (Wildman–Crippen LogP) is 2.37. The van der Waals surface area contributed by atoms with E-state index < -0.39 is 5.60 Å². The molecular formula is C15H22N2O3. The summed E-state index contributed by atoms with van der Waals surface area (Å²) in [5.41, 5.74) is -0.200. The Labute approximate surface area is 119 Å². The summed E-state index contributed by atoms with van der Waals surface area (Å²) in [6.45, 7) is 4.44. The maximum Gasteiger partial charge on any atom is 0.319 e. The van der Waals surface area contributed by atoms with Gasteiger partial charge in [-0.05, 0) is 44.7 Å². The summed E-state index contributed by atoms with van der Waals surface area (Å²) >= 11 is 0. The second-order valence-electron chi connectivity index (χ2n) is 5.37. The lowest BCUT2D eigenvalue weighted by Gasteiger charge is -2.23. The number of amides is 2. The Hall–Kier alpha value is -1.75. The molecule has 20 heavy (non-hydrogen) atoms. The highest BCUT2D eigenvalue weighted by atomic mass is 16.5. The van der Waals surface area contributed by atoms with Crippen molar-refractivity contribution in [2.24, 2.45) is 5.92 Å². The number of rotatable bonds is 6. The van der Waals surface area contributed by atoms with Crippen LogP contribution in [-0.4, -0.2) is 29.9 Å². The number of urea groups is 1. The molecule has 0 aliphatic heterocycles. The molecule has 0 aromatic heterocycles. The Balaban J connectivity index is 1.88. The number of nitrogens with one attached hydrogen (secondary N) is 2. The van der Waals surface area contributed by atoms with E-state index in [0.717, 1.165) is 12.8 Å². The smallest absolute Gasteiger partial charge is 0.319 e. The van der Waals surface area contributed by atoms with Gasteiger partial charge < -0.3 is 20.5 Å². The zero-order chi connectivity index (χ0) is 14.6. The van der Waals surface area contributed by atoms with E-state index in [4.69, 9.17) is 4.74 Å². The quantitative estimate of drug-likeness (QED) is 0.748. The van der Waals surface area contributed by atoms with E-state index in [1.54, 1.807) is 19.1 Å². The standard InChI is InChI=1S/C15H22N2O3/c1-3-20-13-7-5-4-6-12(13)17-14(18)16-10-15(2,19)11-8-9-11/h4-7,11,19H,3,8-10H2,1-2H3,(H2,16,17,18). The molecule has 5 nitrogen and oxygen atoms in total. The fourth-order valence-electron chi connectivity index (χ4n) is 2.13. The van der Waals surface area contributed by atoms with E-state index >= 15 is 0 Å². The maximum atomic E-state index is 11.9. The Bertz CT molecular complexity index is 470. The van der Waals surface area contributed by atoms with E-state index in [-0.39, 0.29) is 12.6 Å². The van der Waals surface area contributed by atoms with E-state index in [1.807, 2.05) is 19.1 Å². The van der Waals surface area contributed by atoms with E-state index in [2.05, 4.69) is 10.6 Å². The third-order valence-corrected chi connectivity index (χ3v) is 3.50. The fraction of sp³-hybridized carbons (Fsp3) is 0.533. The molecule has 1 saturated carbocycles. The zero-order valence-corrected chi connectivity index (χ0v) is 12.0. The Kier molecular flexibility index (Phi) is 4.49. The van der Waals surface area contributed by atoms with Gasteiger partial charge in [0.1, 0.15) is 5.75 Å². The highest BCUT2D eigenvalue weighted by Gasteiger charge is 2.39. The van der Waals surface area contributed by atoms with Gasteiger partial charge >= 0.3 is 6.03 Å². The first-order valence-corrected chi connectivity index (χ1v) is 7.02. The van der Waals surface area contributed by atoms with Crippen LogP contribution in [-0.2, 0) is 0 Å². The largest absolute Gasteiger partial charge is 0.492 e. The maximum absolute atomic E-state index is 11.9. The van der Waals surface area contributed by atoms with Crippen LogP contribution >= 0.6 is 0 Å². The number of aliphatic hydroxyl groups is 1. The molecule has 0 spiro atoms. The molecule has 1 aromatic rings. The number of para-hydroxylation sites is 2. The molecule has 2 rings (SSSR count). The van der Waals surface area contributed by atoms with Gasteiger partial charge in [-0.25, -0.2) is 4.79 Å². The number of ether oxygens (including phenoxy) is 1. The first kappa shape index (κ1) is 14.7. The van der Waals surface area contributed by atoms with Crippen molar-refractivity contribution in [1.82, 2.24) is 5.32 Å². The third-order valence-electron chi connectivity index (χ3n) is 3.50. The molecule has 0 bridgehead atoms. The first-order chi connectivity index (χ1) is 9.53. The molecule has 5 heteroatoms. The molecule has 110 valence electrons. The van der Waals surface area contributed by atoms with Crippen molar-refractivity contribution in [3.05, 3.63) is 24.3 Å². The lowest BCUT2D eigenvalue weighted by molar-refractivity contribution is 0.0398. The second kappa shape index (κ2) is 6.13. The molecule has 1 atom stereocenters. The van der Waals surface area contributed by atoms with Crippen LogP contribution in [0.1, 0.15) is 26.7 Å². The van der Waals surface area contributed by atoms with Gasteiger partial charge in [-0.3, -0.25) is 0 Å². The summed E-state index contributed by atoms with van der Waals surface area (Å²) in [5, 5.41) is 15.6. The first-order valence-electron chi connectivity index (χ1n) is 7.02. The molecule has 1 fully saturated rings. The molecule has 1 aliphatic rings. The topological polar surface area (TPSA) is 70.6 Å². The Morgan fingerprint density at radius 3 is 2.80 bits per heavy atom. The summed E-state index contributed by atoms with van der Waals surface area (Å²) in [5.74, 6) is 0.942. The van der Waals surface area contributed by atoms with E-state index in [1.165, 1.54) is 0 Å². The van der Waals surface area contributed by atoms with Gasteiger partial charge in [-0.2, -0.15) is 0 Å². The number of benzene rings is 1. The van der Waals surface area contributed by atoms with Crippen LogP contribution < -0.4 is 15.4 Å². The van der Waals surface area contributed by atoms with Crippen LogP contribution in [0.25, 0.3) is 0 Å². The van der Waals surface area contributed by atoms with Gasteiger partial charge in [0.25, 0.3) is 0 Å². The third kappa shape index (κ3) is 3.87. The minimum Gasteiger partial charge on any atom is -0.492 e. The predicted molar refractivity (Wildman–Crippen MR) is 78.0 cm³/mol. The van der Waals surface area contributed by atoms with Crippen molar-refractivity contribution in [1.29, 1.82) is 0 Å². The molecule has 0 radical (unpaired) electrons. The lowest BCUT2D eigenvalue weighted by atomic mass is 10.0. The second-order valence-corrected chi connectivity index (χ2v) is 5.37. The van der Waals surface area contributed by atoms with Crippen LogP contribution in [0.2, 0.25) is 0 Å². The summed E-state index contributed by atoms with van der Waals surface area (Å²) in [4.78, 5) is 11.9. The van der Waals surface area contributed by atoms with E-state index in [9.17, 15) is 9.90 Å². The summed E-state index contributed by atoms with van der Waals surface area (Å²) < 4.78 is 5.44. The molecular weight excluding hydrogens is 256 g/mol. The number of carbonyl (C=O) groups excluding carboxylic acids is 1. The molecule has 1 unspecified atom stereocenters. The SMILES string of the molecule is CCOc1ccccc1NC(=O)NCC(C)(O)C1CC1. The van der Waals surface area contributed by atoms with Gasteiger partial charge in [-0.1, -0.05) is 12.1 Å². The number of hydrogen-bond acceptors (Lipinski definition) is 3. The van der Waals surface area contributed by atoms with Crippen LogP contribution in [0.3, 0.4) is 0 Å². The molecule has 0 saturated heterocycles. The Morgan fingerprint density at radius 2 is 2.15 bits per heavy atom. The van der Waals surface area contributed by atoms with Crippen LogP contribution in [0.5, 0.6) is 5.75 Å². The van der Waals surface area contributed by atoms with Gasteiger partial charge in [0, 0.05) is 6.54 Å². The fourth-order valence-corrected chi connectivity index (χ4v) is 2.13. The minimum atomic E-state index is -0.823. The van der Waals surface area contributed by atoms with Crippen molar-refractivity contribution in [3.63, 3.8) is 0 Å². The van der Waals surface area contributed by atoms with Crippen molar-refractivity contribution >= 4 is 11.7 Å². The van der Waals surface area contributed by atoms with Gasteiger partial charge in [0.15, 0.2) is 0 Å². The van der Waals surface area contributed by atoms with Crippen molar-refractivity contribution in [3.8, 4) is 5.75 Å². The van der Waals surface area contributed by atoms with Gasteiger partial charge in [0.05, 0.1) is 17.9 Å². The van der Waals surface area contributed by atoms with E-state index in [0.29, 0.717) is 24.0 Å². The number of hydrogen-bond donors (Lipinski definition) is 3. The van der Waals surface area contributed by atoms with Crippen molar-refractivity contribution < 1.29 is 14.6 Å². The zero-order valence-electron chi connectivity index (χ0n) is 12.0.